The molecule has 0 aliphatic heterocycles. The predicted molar refractivity (Wildman–Crippen MR) is 72.3 cm³/mol. The van der Waals surface area contributed by atoms with Crippen molar-refractivity contribution in [2.24, 2.45) is 7.05 Å². The van der Waals surface area contributed by atoms with E-state index in [1.165, 1.54) is 0 Å². The Balaban J connectivity index is 1.81. The summed E-state index contributed by atoms with van der Waals surface area (Å²) in [7, 11) is 1.99. The fourth-order valence-electron chi connectivity index (χ4n) is 1.93. The first-order chi connectivity index (χ1) is 8.83. The highest BCUT2D eigenvalue weighted by molar-refractivity contribution is 5.82. The summed E-state index contributed by atoms with van der Waals surface area (Å²) in [5.74, 6) is 1.02. The number of anilines is 1. The third kappa shape index (κ3) is 2.05. The Morgan fingerprint density at radius 3 is 2.94 bits per heavy atom. The molecular weight excluding hydrogens is 224 g/mol. The molecule has 0 unspecified atom stereocenters. The van der Waals surface area contributed by atoms with Crippen LogP contribution in [0, 0.1) is 0 Å². The molecule has 1 N–H and O–H groups in total. The van der Waals surface area contributed by atoms with Gasteiger partial charge in [0.05, 0.1) is 12.1 Å². The Bertz CT molecular complexity index is 672. The van der Waals surface area contributed by atoms with Crippen molar-refractivity contribution in [3.8, 4) is 0 Å². The van der Waals surface area contributed by atoms with E-state index in [2.05, 4.69) is 27.4 Å². The molecule has 0 saturated carbocycles. The second-order valence-electron chi connectivity index (χ2n) is 4.22. The smallest absolute Gasteiger partial charge is 0.127 e. The van der Waals surface area contributed by atoms with Gasteiger partial charge in [0.25, 0.3) is 0 Å². The SMILES string of the molecule is Cn1ccnc1CNc1ccc2ncccc2c1. The molecule has 0 amide bonds. The van der Waals surface area contributed by atoms with Crippen LogP contribution in [-0.4, -0.2) is 14.5 Å². The Hall–Kier alpha value is -2.36. The van der Waals surface area contributed by atoms with Gasteiger partial charge < -0.3 is 9.88 Å². The number of hydrogen-bond donors (Lipinski definition) is 1. The number of aromatic nitrogens is 3. The summed E-state index contributed by atoms with van der Waals surface area (Å²) < 4.78 is 2.01. The van der Waals surface area contributed by atoms with E-state index in [1.807, 2.05) is 42.2 Å². The van der Waals surface area contributed by atoms with Gasteiger partial charge in [0, 0.05) is 36.7 Å². The molecule has 0 fully saturated rings. The first kappa shape index (κ1) is 10.8. The molecule has 4 nitrogen and oxygen atoms in total. The Morgan fingerprint density at radius 2 is 2.11 bits per heavy atom. The second kappa shape index (κ2) is 4.49. The predicted octanol–water partition coefficient (Wildman–Crippen LogP) is 2.58. The largest absolute Gasteiger partial charge is 0.378 e. The molecule has 0 bridgehead atoms. The molecular formula is C14H14N4. The molecule has 0 atom stereocenters. The van der Waals surface area contributed by atoms with Gasteiger partial charge in [-0.25, -0.2) is 4.98 Å². The molecule has 0 saturated heterocycles. The third-order valence-electron chi connectivity index (χ3n) is 2.97. The molecule has 4 heteroatoms. The quantitative estimate of drug-likeness (QED) is 0.762. The molecule has 3 aromatic rings. The van der Waals surface area contributed by atoms with Crippen LogP contribution in [0.1, 0.15) is 5.82 Å². The number of nitrogens with zero attached hydrogens (tertiary/aromatic N) is 3. The number of nitrogens with one attached hydrogen (secondary N) is 1. The normalized spacial score (nSPS) is 10.7. The number of pyridine rings is 1. The van der Waals surface area contributed by atoms with E-state index in [0.717, 1.165) is 29.0 Å². The van der Waals surface area contributed by atoms with Crippen LogP contribution >= 0.6 is 0 Å². The maximum absolute atomic E-state index is 4.30. The van der Waals surface area contributed by atoms with Crippen molar-refractivity contribution in [2.45, 2.75) is 6.54 Å². The fraction of sp³-hybridized carbons (Fsp3) is 0.143. The van der Waals surface area contributed by atoms with Gasteiger partial charge in [0.1, 0.15) is 5.82 Å². The summed E-state index contributed by atoms with van der Waals surface area (Å²) >= 11 is 0. The zero-order valence-electron chi connectivity index (χ0n) is 10.2. The van der Waals surface area contributed by atoms with Crippen LogP contribution in [-0.2, 0) is 13.6 Å². The van der Waals surface area contributed by atoms with Crippen LogP contribution in [0.2, 0.25) is 0 Å². The highest BCUT2D eigenvalue weighted by Gasteiger charge is 2.00. The van der Waals surface area contributed by atoms with Crippen LogP contribution < -0.4 is 5.32 Å². The highest BCUT2D eigenvalue weighted by atomic mass is 15.1. The average molecular weight is 238 g/mol. The lowest BCUT2D eigenvalue weighted by Crippen LogP contribution is -2.05. The fourth-order valence-corrected chi connectivity index (χ4v) is 1.93. The topological polar surface area (TPSA) is 42.7 Å². The Morgan fingerprint density at radius 1 is 1.17 bits per heavy atom. The van der Waals surface area contributed by atoms with Gasteiger partial charge in [-0.15, -0.1) is 0 Å². The third-order valence-corrected chi connectivity index (χ3v) is 2.97. The van der Waals surface area contributed by atoms with Crippen molar-refractivity contribution >= 4 is 16.6 Å². The molecule has 0 aliphatic rings. The van der Waals surface area contributed by atoms with Crippen LogP contribution in [0.25, 0.3) is 10.9 Å². The molecule has 0 spiro atoms. The van der Waals surface area contributed by atoms with Crippen molar-refractivity contribution in [3.05, 3.63) is 54.7 Å². The minimum Gasteiger partial charge on any atom is -0.378 e. The van der Waals surface area contributed by atoms with Gasteiger partial charge in [0.15, 0.2) is 0 Å². The van der Waals surface area contributed by atoms with Gasteiger partial charge in [-0.1, -0.05) is 6.07 Å². The van der Waals surface area contributed by atoms with Gasteiger partial charge >= 0.3 is 0 Å². The lowest BCUT2D eigenvalue weighted by molar-refractivity contribution is 0.813. The van der Waals surface area contributed by atoms with Crippen molar-refractivity contribution < 1.29 is 0 Å². The zero-order valence-corrected chi connectivity index (χ0v) is 10.2. The second-order valence-corrected chi connectivity index (χ2v) is 4.22. The van der Waals surface area contributed by atoms with Gasteiger partial charge in [0.2, 0.25) is 0 Å². The minimum absolute atomic E-state index is 0.718. The Kier molecular flexibility index (Phi) is 2.68. The van der Waals surface area contributed by atoms with E-state index >= 15 is 0 Å². The number of imidazole rings is 1. The summed E-state index contributed by atoms with van der Waals surface area (Å²) in [6.45, 7) is 0.718. The molecule has 18 heavy (non-hydrogen) atoms. The van der Waals surface area contributed by atoms with Crippen molar-refractivity contribution in [2.75, 3.05) is 5.32 Å². The number of rotatable bonds is 3. The summed E-state index contributed by atoms with van der Waals surface area (Å²) in [5, 5.41) is 4.51. The van der Waals surface area contributed by atoms with Crippen molar-refractivity contribution in [1.29, 1.82) is 0 Å². The molecule has 0 aliphatic carbocycles. The summed E-state index contributed by atoms with van der Waals surface area (Å²) in [4.78, 5) is 8.58. The molecule has 2 heterocycles. The van der Waals surface area contributed by atoms with E-state index in [0.29, 0.717) is 0 Å². The first-order valence-electron chi connectivity index (χ1n) is 5.88. The Labute approximate surface area is 105 Å². The summed E-state index contributed by atoms with van der Waals surface area (Å²) in [6.07, 6.45) is 5.56. The van der Waals surface area contributed by atoms with E-state index in [-0.39, 0.29) is 0 Å². The van der Waals surface area contributed by atoms with Gasteiger partial charge in [-0.3, -0.25) is 4.98 Å². The number of benzene rings is 1. The van der Waals surface area contributed by atoms with Gasteiger partial charge in [-0.2, -0.15) is 0 Å². The van der Waals surface area contributed by atoms with Gasteiger partial charge in [-0.05, 0) is 24.3 Å². The molecule has 90 valence electrons. The number of hydrogen-bond acceptors (Lipinski definition) is 3. The van der Waals surface area contributed by atoms with E-state index in [1.54, 1.807) is 6.20 Å². The molecule has 0 radical (unpaired) electrons. The first-order valence-corrected chi connectivity index (χ1v) is 5.88. The summed E-state index contributed by atoms with van der Waals surface area (Å²) in [5.41, 5.74) is 2.10. The van der Waals surface area contributed by atoms with E-state index in [4.69, 9.17) is 0 Å². The monoisotopic (exact) mass is 238 g/mol. The van der Waals surface area contributed by atoms with E-state index < -0.39 is 0 Å². The average Bonchev–Trinajstić information content (AvgIpc) is 2.82. The molecule has 2 aromatic heterocycles. The van der Waals surface area contributed by atoms with Crippen molar-refractivity contribution in [3.63, 3.8) is 0 Å². The lowest BCUT2D eigenvalue weighted by Gasteiger charge is -2.07. The van der Waals surface area contributed by atoms with Crippen LogP contribution in [0.4, 0.5) is 5.69 Å². The lowest BCUT2D eigenvalue weighted by atomic mass is 10.2. The molecule has 3 rings (SSSR count). The minimum atomic E-state index is 0.718. The molecule has 1 aromatic carbocycles. The van der Waals surface area contributed by atoms with Crippen LogP contribution in [0.5, 0.6) is 0 Å². The standard InChI is InChI=1S/C14H14N4/c1-18-8-7-16-14(18)10-17-12-4-5-13-11(9-12)3-2-6-15-13/h2-9,17H,10H2,1H3. The van der Waals surface area contributed by atoms with Crippen molar-refractivity contribution in [1.82, 2.24) is 14.5 Å². The maximum atomic E-state index is 4.30. The zero-order chi connectivity index (χ0) is 12.4. The number of fused-ring (bicyclic) bond motifs is 1. The summed E-state index contributed by atoms with van der Waals surface area (Å²) in [6, 6.07) is 10.2. The number of aryl methyl sites for hydroxylation is 1. The van der Waals surface area contributed by atoms with Crippen LogP contribution in [0.15, 0.2) is 48.9 Å². The van der Waals surface area contributed by atoms with E-state index in [9.17, 15) is 0 Å². The van der Waals surface area contributed by atoms with Crippen LogP contribution in [0.3, 0.4) is 0 Å². The maximum Gasteiger partial charge on any atom is 0.127 e. The highest BCUT2D eigenvalue weighted by Crippen LogP contribution is 2.17.